The van der Waals surface area contributed by atoms with Crippen molar-refractivity contribution in [3.05, 3.63) is 62.5 Å². The van der Waals surface area contributed by atoms with Gasteiger partial charge < -0.3 is 10.1 Å². The summed E-state index contributed by atoms with van der Waals surface area (Å²) in [5, 5.41) is 3.29. The molecular weight excluding hydrogens is 394 g/mol. The molecule has 1 unspecified atom stereocenters. The van der Waals surface area contributed by atoms with Gasteiger partial charge in [-0.15, -0.1) is 0 Å². The first-order valence-electron chi connectivity index (χ1n) is 6.86. The maximum absolute atomic E-state index is 5.49. The van der Waals surface area contributed by atoms with Gasteiger partial charge in [0.05, 0.1) is 7.11 Å². The molecule has 1 N–H and O–H groups in total. The van der Waals surface area contributed by atoms with Gasteiger partial charge in [0.25, 0.3) is 0 Å². The third-order valence-electron chi connectivity index (χ3n) is 3.48. The van der Waals surface area contributed by atoms with Crippen LogP contribution in [0.1, 0.15) is 17.0 Å². The average Bonchev–Trinajstić information content (AvgIpc) is 2.47. The molecule has 0 aliphatic rings. The molecule has 0 amide bonds. The van der Waals surface area contributed by atoms with Gasteiger partial charge >= 0.3 is 0 Å². The lowest BCUT2D eigenvalue weighted by Crippen LogP contribution is -2.19. The maximum Gasteiger partial charge on any atom is 0.122 e. The first kappa shape index (κ1) is 16.5. The SMILES string of the molecule is CNCC(Cc1cc(Br)ccc1OC)c1cccc(Br)c1. The zero-order valence-electron chi connectivity index (χ0n) is 12.2. The van der Waals surface area contributed by atoms with E-state index in [2.05, 4.69) is 67.5 Å². The van der Waals surface area contributed by atoms with Crippen molar-refractivity contribution >= 4 is 31.9 Å². The molecule has 21 heavy (non-hydrogen) atoms. The fraction of sp³-hybridized carbons (Fsp3) is 0.294. The Kier molecular flexibility index (Phi) is 6.27. The van der Waals surface area contributed by atoms with E-state index in [1.54, 1.807) is 7.11 Å². The van der Waals surface area contributed by atoms with Gasteiger partial charge in [0, 0.05) is 21.4 Å². The normalized spacial score (nSPS) is 12.2. The molecule has 0 saturated carbocycles. The molecule has 0 heterocycles. The molecule has 0 radical (unpaired) electrons. The summed E-state index contributed by atoms with van der Waals surface area (Å²) in [4.78, 5) is 0. The Morgan fingerprint density at radius 3 is 2.52 bits per heavy atom. The lowest BCUT2D eigenvalue weighted by molar-refractivity contribution is 0.407. The molecule has 0 bridgehead atoms. The van der Waals surface area contributed by atoms with Crippen LogP contribution in [0.15, 0.2) is 51.4 Å². The Morgan fingerprint density at radius 2 is 1.86 bits per heavy atom. The largest absolute Gasteiger partial charge is 0.496 e. The Balaban J connectivity index is 2.30. The van der Waals surface area contributed by atoms with Crippen molar-refractivity contribution in [1.29, 1.82) is 0 Å². The van der Waals surface area contributed by atoms with Crippen LogP contribution >= 0.6 is 31.9 Å². The summed E-state index contributed by atoms with van der Waals surface area (Å²) >= 11 is 7.10. The number of rotatable bonds is 6. The lowest BCUT2D eigenvalue weighted by Gasteiger charge is -2.19. The monoisotopic (exact) mass is 411 g/mol. The molecule has 4 heteroatoms. The van der Waals surface area contributed by atoms with Crippen LogP contribution in [0.4, 0.5) is 0 Å². The van der Waals surface area contributed by atoms with E-state index in [0.29, 0.717) is 5.92 Å². The number of hydrogen-bond acceptors (Lipinski definition) is 2. The third kappa shape index (κ3) is 4.56. The molecule has 112 valence electrons. The molecule has 0 fully saturated rings. The van der Waals surface area contributed by atoms with Crippen LogP contribution in [0, 0.1) is 0 Å². The topological polar surface area (TPSA) is 21.3 Å². The number of ether oxygens (including phenoxy) is 1. The summed E-state index contributed by atoms with van der Waals surface area (Å²) in [5.74, 6) is 1.34. The van der Waals surface area contributed by atoms with Crippen LogP contribution < -0.4 is 10.1 Å². The highest BCUT2D eigenvalue weighted by Crippen LogP contribution is 2.29. The minimum Gasteiger partial charge on any atom is -0.496 e. The first-order chi connectivity index (χ1) is 10.1. The number of benzene rings is 2. The molecule has 2 rings (SSSR count). The van der Waals surface area contributed by atoms with Crippen LogP contribution in [0.5, 0.6) is 5.75 Å². The van der Waals surface area contributed by atoms with E-state index in [1.807, 2.05) is 19.2 Å². The second-order valence-electron chi connectivity index (χ2n) is 4.97. The van der Waals surface area contributed by atoms with E-state index < -0.39 is 0 Å². The van der Waals surface area contributed by atoms with Gasteiger partial charge in [0.15, 0.2) is 0 Å². The Hall–Kier alpha value is -0.840. The highest BCUT2D eigenvalue weighted by atomic mass is 79.9. The minimum atomic E-state index is 0.399. The van der Waals surface area contributed by atoms with E-state index in [4.69, 9.17) is 4.74 Å². The van der Waals surface area contributed by atoms with Crippen LogP contribution in [-0.4, -0.2) is 20.7 Å². The average molecular weight is 413 g/mol. The lowest BCUT2D eigenvalue weighted by atomic mass is 9.91. The van der Waals surface area contributed by atoms with E-state index >= 15 is 0 Å². The van der Waals surface area contributed by atoms with Crippen molar-refractivity contribution in [2.75, 3.05) is 20.7 Å². The molecule has 1 atom stereocenters. The Morgan fingerprint density at radius 1 is 1.10 bits per heavy atom. The number of hydrogen-bond donors (Lipinski definition) is 1. The molecule has 2 aromatic carbocycles. The molecule has 0 spiro atoms. The van der Waals surface area contributed by atoms with E-state index in [1.165, 1.54) is 11.1 Å². The summed E-state index contributed by atoms with van der Waals surface area (Å²) < 4.78 is 7.68. The van der Waals surface area contributed by atoms with Crippen LogP contribution in [0.25, 0.3) is 0 Å². The van der Waals surface area contributed by atoms with Gasteiger partial charge in [-0.05, 0) is 54.9 Å². The summed E-state index contributed by atoms with van der Waals surface area (Å²) in [6.07, 6.45) is 0.930. The Labute approximate surface area is 143 Å². The van der Waals surface area contributed by atoms with Crippen molar-refractivity contribution in [2.45, 2.75) is 12.3 Å². The molecule has 0 saturated heterocycles. The zero-order chi connectivity index (χ0) is 15.2. The van der Waals surface area contributed by atoms with Crippen LogP contribution in [0.2, 0.25) is 0 Å². The predicted molar refractivity (Wildman–Crippen MR) is 95.2 cm³/mol. The fourth-order valence-corrected chi connectivity index (χ4v) is 3.31. The molecule has 0 aliphatic carbocycles. The van der Waals surface area contributed by atoms with Crippen LogP contribution in [0.3, 0.4) is 0 Å². The van der Waals surface area contributed by atoms with E-state index in [0.717, 1.165) is 27.7 Å². The summed E-state index contributed by atoms with van der Waals surface area (Å²) in [5.41, 5.74) is 2.54. The van der Waals surface area contributed by atoms with Gasteiger partial charge in [-0.3, -0.25) is 0 Å². The van der Waals surface area contributed by atoms with Crippen molar-refractivity contribution < 1.29 is 4.74 Å². The molecular formula is C17H19Br2NO. The third-order valence-corrected chi connectivity index (χ3v) is 4.47. The molecule has 0 aliphatic heterocycles. The van der Waals surface area contributed by atoms with Crippen molar-refractivity contribution in [2.24, 2.45) is 0 Å². The Bertz CT molecular complexity index is 601. The molecule has 2 aromatic rings. The fourth-order valence-electron chi connectivity index (χ4n) is 2.49. The highest BCUT2D eigenvalue weighted by molar-refractivity contribution is 9.10. The zero-order valence-corrected chi connectivity index (χ0v) is 15.4. The highest BCUT2D eigenvalue weighted by Gasteiger charge is 2.15. The van der Waals surface area contributed by atoms with Gasteiger partial charge in [-0.1, -0.05) is 44.0 Å². The van der Waals surface area contributed by atoms with E-state index in [9.17, 15) is 0 Å². The van der Waals surface area contributed by atoms with E-state index in [-0.39, 0.29) is 0 Å². The number of likely N-dealkylation sites (N-methyl/N-ethyl adjacent to an activating group) is 1. The summed E-state index contributed by atoms with van der Waals surface area (Å²) in [6, 6.07) is 14.7. The summed E-state index contributed by atoms with van der Waals surface area (Å²) in [7, 11) is 3.71. The van der Waals surface area contributed by atoms with Gasteiger partial charge in [0.1, 0.15) is 5.75 Å². The first-order valence-corrected chi connectivity index (χ1v) is 8.45. The number of methoxy groups -OCH3 is 1. The molecule has 2 nitrogen and oxygen atoms in total. The number of nitrogens with one attached hydrogen (secondary N) is 1. The maximum atomic E-state index is 5.49. The van der Waals surface area contributed by atoms with Gasteiger partial charge in [0.2, 0.25) is 0 Å². The van der Waals surface area contributed by atoms with Crippen molar-refractivity contribution in [1.82, 2.24) is 5.32 Å². The quantitative estimate of drug-likeness (QED) is 0.737. The second kappa shape index (κ2) is 7.97. The second-order valence-corrected chi connectivity index (χ2v) is 6.80. The number of halogens is 2. The van der Waals surface area contributed by atoms with Gasteiger partial charge in [-0.25, -0.2) is 0 Å². The minimum absolute atomic E-state index is 0.399. The summed E-state index contributed by atoms with van der Waals surface area (Å²) in [6.45, 7) is 0.923. The van der Waals surface area contributed by atoms with Crippen LogP contribution in [-0.2, 0) is 6.42 Å². The smallest absolute Gasteiger partial charge is 0.122 e. The van der Waals surface area contributed by atoms with Crippen molar-refractivity contribution in [3.63, 3.8) is 0 Å². The van der Waals surface area contributed by atoms with Crippen molar-refractivity contribution in [3.8, 4) is 5.75 Å². The van der Waals surface area contributed by atoms with Gasteiger partial charge in [-0.2, -0.15) is 0 Å². The standard InChI is InChI=1S/C17H19Br2NO/c1-20-11-14(12-4-3-5-15(18)9-12)8-13-10-16(19)6-7-17(13)21-2/h3-7,9-10,14,20H,8,11H2,1-2H3. The predicted octanol–water partition coefficient (Wildman–Crippen LogP) is 4.77. The molecule has 0 aromatic heterocycles.